The van der Waals surface area contributed by atoms with Crippen LogP contribution in [-0.2, 0) is 0 Å². The maximum absolute atomic E-state index is 2.47. The van der Waals surface area contributed by atoms with Crippen LogP contribution >= 0.6 is 0 Å². The number of hydrogen-bond acceptors (Lipinski definition) is 0. The lowest BCUT2D eigenvalue weighted by molar-refractivity contribution is 1.63. The summed E-state index contributed by atoms with van der Waals surface area (Å²) in [7, 11) is 0. The summed E-state index contributed by atoms with van der Waals surface area (Å²) in [6.07, 6.45) is 0. The molecule has 0 saturated carbocycles. The summed E-state index contributed by atoms with van der Waals surface area (Å²) < 4.78 is 0. The molecule has 66 heavy (non-hydrogen) atoms. The van der Waals surface area contributed by atoms with Gasteiger partial charge in [0.25, 0.3) is 0 Å². The molecule has 0 aliphatic rings. The third-order valence-corrected chi connectivity index (χ3v) is 13.8. The van der Waals surface area contributed by atoms with Gasteiger partial charge in [0, 0.05) is 0 Å². The quantitative estimate of drug-likeness (QED) is 0.116. The first-order chi connectivity index (χ1) is 32.8. The standard InChI is InChI=1S/C66H42/c1-5-21-43(22-6-1)59-41-49(63-55-33-17-13-29-51(55)61(45-25-9-3-10-26-45)52-30-14-18-34-56(52)63)39-47-37-38-48-40-50(42-60(66(48)65(47)59)44-23-7-2-8-24-44)64-57-35-19-15-31-53(57)62(46-27-11-4-12-28-46)54-32-16-20-36-58(54)64/h1-42H. The summed E-state index contributed by atoms with van der Waals surface area (Å²) in [6.45, 7) is 0. The predicted octanol–water partition coefficient (Wildman–Crippen LogP) is 18.6. The van der Waals surface area contributed by atoms with Gasteiger partial charge in [-0.15, -0.1) is 0 Å². The van der Waals surface area contributed by atoms with Gasteiger partial charge in [-0.1, -0.05) is 231 Å². The van der Waals surface area contributed by atoms with Crippen molar-refractivity contribution in [3.8, 4) is 66.8 Å². The molecule has 0 heterocycles. The molecule has 0 aliphatic heterocycles. The summed E-state index contributed by atoms with van der Waals surface area (Å²) in [4.78, 5) is 0. The number of rotatable bonds is 6. The van der Waals surface area contributed by atoms with E-state index in [9.17, 15) is 0 Å². The van der Waals surface area contributed by atoms with Crippen LogP contribution < -0.4 is 0 Å². The van der Waals surface area contributed by atoms with E-state index in [1.54, 1.807) is 0 Å². The largest absolute Gasteiger partial charge is 0.0622 e. The maximum Gasteiger partial charge on any atom is -0.00201 e. The predicted molar refractivity (Wildman–Crippen MR) is 284 cm³/mol. The molecule has 0 N–H and O–H groups in total. The van der Waals surface area contributed by atoms with Gasteiger partial charge < -0.3 is 0 Å². The van der Waals surface area contributed by atoms with E-state index >= 15 is 0 Å². The van der Waals surface area contributed by atoms with Crippen molar-refractivity contribution < 1.29 is 0 Å². The molecule has 0 unspecified atom stereocenters. The van der Waals surface area contributed by atoms with Crippen molar-refractivity contribution in [3.63, 3.8) is 0 Å². The molecule has 13 rings (SSSR count). The molecule has 0 bridgehead atoms. The third kappa shape index (κ3) is 6.07. The fourth-order valence-corrected chi connectivity index (χ4v) is 11.0. The van der Waals surface area contributed by atoms with Crippen LogP contribution in [0, 0.1) is 0 Å². The van der Waals surface area contributed by atoms with Gasteiger partial charge >= 0.3 is 0 Å². The summed E-state index contributed by atoms with van der Waals surface area (Å²) in [6, 6.07) is 94.2. The highest BCUT2D eigenvalue weighted by molar-refractivity contribution is 6.27. The smallest absolute Gasteiger partial charge is 0.00201 e. The molecule has 0 spiro atoms. The van der Waals surface area contributed by atoms with Crippen LogP contribution in [0.4, 0.5) is 0 Å². The summed E-state index contributed by atoms with van der Waals surface area (Å²) in [5, 5.41) is 15.0. The van der Waals surface area contributed by atoms with Gasteiger partial charge in [-0.05, 0) is 156 Å². The van der Waals surface area contributed by atoms with Crippen LogP contribution in [0.2, 0.25) is 0 Å². The molecule has 0 radical (unpaired) electrons. The van der Waals surface area contributed by atoms with Crippen molar-refractivity contribution in [1.29, 1.82) is 0 Å². The molecule has 0 saturated heterocycles. The van der Waals surface area contributed by atoms with Gasteiger partial charge in [-0.3, -0.25) is 0 Å². The van der Waals surface area contributed by atoms with Crippen LogP contribution in [0.5, 0.6) is 0 Å². The van der Waals surface area contributed by atoms with Crippen LogP contribution in [0.1, 0.15) is 0 Å². The first-order valence-electron chi connectivity index (χ1n) is 22.9. The van der Waals surface area contributed by atoms with Gasteiger partial charge in [0.1, 0.15) is 0 Å². The third-order valence-electron chi connectivity index (χ3n) is 13.8. The van der Waals surface area contributed by atoms with Gasteiger partial charge in [0.05, 0.1) is 0 Å². The van der Waals surface area contributed by atoms with Gasteiger partial charge in [-0.25, -0.2) is 0 Å². The first-order valence-corrected chi connectivity index (χ1v) is 22.9. The Morgan fingerprint density at radius 3 is 0.667 bits per heavy atom. The molecule has 0 fully saturated rings. The fourth-order valence-electron chi connectivity index (χ4n) is 11.0. The number of benzene rings is 13. The SMILES string of the molecule is c1ccc(-c2c3ccccc3c(-c3cc(-c4ccccc4)c4c(ccc5cc(-c6c7ccccc7c(-c7ccccc7)c7ccccc67)cc(-c6ccccc6)c54)c3)c3ccccc23)cc1. The monoisotopic (exact) mass is 834 g/mol. The van der Waals surface area contributed by atoms with E-state index in [4.69, 9.17) is 0 Å². The minimum Gasteiger partial charge on any atom is -0.0622 e. The molecular formula is C66H42. The van der Waals surface area contributed by atoms with E-state index in [-0.39, 0.29) is 0 Å². The Balaban J connectivity index is 1.14. The molecule has 13 aromatic carbocycles. The minimum absolute atomic E-state index is 1.20. The molecular weight excluding hydrogens is 793 g/mol. The van der Waals surface area contributed by atoms with Crippen molar-refractivity contribution in [2.24, 2.45) is 0 Å². The highest BCUT2D eigenvalue weighted by Gasteiger charge is 2.22. The zero-order valence-electron chi connectivity index (χ0n) is 36.2. The van der Waals surface area contributed by atoms with Crippen molar-refractivity contribution in [2.75, 3.05) is 0 Å². The van der Waals surface area contributed by atoms with Crippen molar-refractivity contribution >= 4 is 64.6 Å². The average molecular weight is 835 g/mol. The Kier molecular flexibility index (Phi) is 8.96. The van der Waals surface area contributed by atoms with E-state index in [2.05, 4.69) is 255 Å². The Morgan fingerprint density at radius 2 is 0.394 bits per heavy atom. The van der Waals surface area contributed by atoms with Gasteiger partial charge in [-0.2, -0.15) is 0 Å². The Bertz CT molecular complexity index is 3620. The highest BCUT2D eigenvalue weighted by Crippen LogP contribution is 2.50. The van der Waals surface area contributed by atoms with Crippen LogP contribution in [0.25, 0.3) is 131 Å². The summed E-state index contributed by atoms with van der Waals surface area (Å²) in [5.74, 6) is 0. The van der Waals surface area contributed by atoms with E-state index in [0.29, 0.717) is 0 Å². The minimum atomic E-state index is 1.20. The Hall–Kier alpha value is -8.58. The van der Waals surface area contributed by atoms with Crippen molar-refractivity contribution in [3.05, 3.63) is 255 Å². The lowest BCUT2D eigenvalue weighted by Gasteiger charge is -2.21. The molecule has 0 amide bonds. The first kappa shape index (κ1) is 37.9. The number of fused-ring (bicyclic) bond motifs is 7. The molecule has 0 aromatic heterocycles. The van der Waals surface area contributed by atoms with E-state index in [1.807, 2.05) is 0 Å². The van der Waals surface area contributed by atoms with E-state index in [1.165, 1.54) is 131 Å². The van der Waals surface area contributed by atoms with Crippen molar-refractivity contribution in [1.82, 2.24) is 0 Å². The number of hydrogen-bond donors (Lipinski definition) is 0. The second-order valence-corrected chi connectivity index (χ2v) is 17.5. The highest BCUT2D eigenvalue weighted by atomic mass is 14.3. The topological polar surface area (TPSA) is 0 Å². The van der Waals surface area contributed by atoms with Gasteiger partial charge in [0.15, 0.2) is 0 Å². The van der Waals surface area contributed by atoms with E-state index in [0.717, 1.165) is 0 Å². The molecule has 0 heteroatoms. The average Bonchev–Trinajstić information content (AvgIpc) is 3.39. The van der Waals surface area contributed by atoms with Crippen molar-refractivity contribution in [2.45, 2.75) is 0 Å². The Labute approximate surface area is 384 Å². The van der Waals surface area contributed by atoms with E-state index < -0.39 is 0 Å². The molecule has 0 atom stereocenters. The lowest BCUT2D eigenvalue weighted by atomic mass is 9.82. The van der Waals surface area contributed by atoms with Crippen LogP contribution in [0.3, 0.4) is 0 Å². The summed E-state index contributed by atoms with van der Waals surface area (Å²) in [5.41, 5.74) is 14.8. The fraction of sp³-hybridized carbons (Fsp3) is 0. The lowest BCUT2D eigenvalue weighted by Crippen LogP contribution is -1.94. The summed E-state index contributed by atoms with van der Waals surface area (Å²) >= 11 is 0. The maximum atomic E-state index is 2.47. The molecule has 0 nitrogen and oxygen atoms in total. The van der Waals surface area contributed by atoms with Gasteiger partial charge in [0.2, 0.25) is 0 Å². The second kappa shape index (κ2) is 15.6. The normalized spacial score (nSPS) is 11.6. The molecule has 0 aliphatic carbocycles. The van der Waals surface area contributed by atoms with Crippen LogP contribution in [-0.4, -0.2) is 0 Å². The molecule has 306 valence electrons. The van der Waals surface area contributed by atoms with Crippen LogP contribution in [0.15, 0.2) is 255 Å². The second-order valence-electron chi connectivity index (χ2n) is 17.5. The Morgan fingerprint density at radius 1 is 0.167 bits per heavy atom. The zero-order valence-corrected chi connectivity index (χ0v) is 36.2. The molecule has 13 aromatic rings. The zero-order chi connectivity index (χ0) is 43.6.